The first-order chi connectivity index (χ1) is 16.0. The van der Waals surface area contributed by atoms with E-state index in [-0.39, 0.29) is 17.5 Å². The van der Waals surface area contributed by atoms with E-state index in [0.29, 0.717) is 39.5 Å². The van der Waals surface area contributed by atoms with Crippen LogP contribution in [0.4, 0.5) is 17.7 Å². The summed E-state index contributed by atoms with van der Waals surface area (Å²) in [4.78, 5) is 25.3. The molecule has 0 unspecified atom stereocenters. The van der Waals surface area contributed by atoms with Gasteiger partial charge in [-0.15, -0.1) is 5.10 Å². The highest BCUT2D eigenvalue weighted by Crippen LogP contribution is 2.34. The summed E-state index contributed by atoms with van der Waals surface area (Å²) in [5.74, 6) is 0.914. The Bertz CT molecular complexity index is 1600. The molecule has 0 aliphatic rings. The second-order valence-corrected chi connectivity index (χ2v) is 7.08. The number of aromatic nitrogens is 7. The number of rotatable bonds is 4. The van der Waals surface area contributed by atoms with Crippen molar-refractivity contribution in [3.05, 3.63) is 76.7 Å². The van der Waals surface area contributed by atoms with Crippen molar-refractivity contribution in [1.29, 1.82) is 5.26 Å². The lowest BCUT2D eigenvalue weighted by atomic mass is 10.0. The molecule has 0 spiro atoms. The van der Waals surface area contributed by atoms with Crippen LogP contribution >= 0.6 is 0 Å². The lowest BCUT2D eigenvalue weighted by Gasteiger charge is -2.12. The summed E-state index contributed by atoms with van der Waals surface area (Å²) in [6.07, 6.45) is 1.65. The smallest absolute Gasteiger partial charge is 0.266 e. The Morgan fingerprint density at radius 3 is 2.70 bits per heavy atom. The van der Waals surface area contributed by atoms with Crippen LogP contribution in [0.15, 0.2) is 65.6 Å². The number of nitrogen functional groups attached to an aromatic ring is 1. The molecule has 0 saturated heterocycles. The van der Waals surface area contributed by atoms with E-state index in [0.717, 1.165) is 0 Å². The van der Waals surface area contributed by atoms with Crippen molar-refractivity contribution in [2.24, 2.45) is 7.05 Å². The van der Waals surface area contributed by atoms with Gasteiger partial charge in [0.2, 0.25) is 11.9 Å². The van der Waals surface area contributed by atoms with Crippen molar-refractivity contribution in [3.63, 3.8) is 0 Å². The van der Waals surface area contributed by atoms with Crippen LogP contribution in [0, 0.1) is 11.3 Å². The number of hydrogen-bond acceptors (Lipinski definition) is 9. The summed E-state index contributed by atoms with van der Waals surface area (Å²) in [6, 6.07) is 17.5. The molecule has 3 N–H and O–H groups in total. The van der Waals surface area contributed by atoms with Gasteiger partial charge in [-0.3, -0.25) is 4.79 Å². The molecule has 1 aromatic carbocycles. The van der Waals surface area contributed by atoms with Crippen LogP contribution in [0.3, 0.4) is 0 Å². The Kier molecular flexibility index (Phi) is 4.72. The van der Waals surface area contributed by atoms with Gasteiger partial charge in [-0.05, 0) is 30.3 Å². The molecule has 5 rings (SSSR count). The topological polar surface area (TPSA) is 153 Å². The summed E-state index contributed by atoms with van der Waals surface area (Å²) in [5.41, 5.74) is 8.89. The monoisotopic (exact) mass is 436 g/mol. The Labute approximate surface area is 186 Å². The van der Waals surface area contributed by atoms with Gasteiger partial charge < -0.3 is 11.1 Å². The third-order valence-electron chi connectivity index (χ3n) is 4.90. The van der Waals surface area contributed by atoms with E-state index in [4.69, 9.17) is 5.73 Å². The van der Waals surface area contributed by atoms with Crippen molar-refractivity contribution in [2.45, 2.75) is 0 Å². The van der Waals surface area contributed by atoms with Crippen molar-refractivity contribution >= 4 is 23.4 Å². The summed E-state index contributed by atoms with van der Waals surface area (Å²) >= 11 is 0. The van der Waals surface area contributed by atoms with Gasteiger partial charge in [-0.25, -0.2) is 14.6 Å². The van der Waals surface area contributed by atoms with Crippen molar-refractivity contribution in [3.8, 4) is 28.6 Å². The molecule has 0 saturated carbocycles. The molecule has 5 aromatic rings. The predicted octanol–water partition coefficient (Wildman–Crippen LogP) is 2.14. The SMILES string of the molecule is Cn1nc(-c2c(-c3cccc(C#N)c3)nc(N)n3nc(Nc4ccccn4)nc23)ccc1=O. The number of pyridine rings is 1. The Morgan fingerprint density at radius 2 is 1.94 bits per heavy atom. The first-order valence-electron chi connectivity index (χ1n) is 9.83. The lowest BCUT2D eigenvalue weighted by Crippen LogP contribution is -2.18. The van der Waals surface area contributed by atoms with Gasteiger partial charge in [0.05, 0.1) is 28.6 Å². The van der Waals surface area contributed by atoms with E-state index < -0.39 is 0 Å². The van der Waals surface area contributed by atoms with Gasteiger partial charge in [-0.1, -0.05) is 18.2 Å². The molecule has 4 aromatic heterocycles. The third kappa shape index (κ3) is 3.61. The van der Waals surface area contributed by atoms with E-state index in [2.05, 4.69) is 36.5 Å². The van der Waals surface area contributed by atoms with Crippen molar-refractivity contribution < 1.29 is 0 Å². The molecule has 4 heterocycles. The molecular weight excluding hydrogens is 420 g/mol. The highest BCUT2D eigenvalue weighted by Gasteiger charge is 2.22. The minimum absolute atomic E-state index is 0.0949. The molecule has 11 nitrogen and oxygen atoms in total. The van der Waals surface area contributed by atoms with Gasteiger partial charge in [-0.2, -0.15) is 19.9 Å². The maximum absolute atomic E-state index is 11.9. The number of benzene rings is 1. The average Bonchev–Trinajstić information content (AvgIpc) is 3.25. The zero-order valence-electron chi connectivity index (χ0n) is 17.3. The normalized spacial score (nSPS) is 10.8. The number of nitrogens with two attached hydrogens (primary N) is 1. The Morgan fingerprint density at radius 1 is 1.06 bits per heavy atom. The summed E-state index contributed by atoms with van der Waals surface area (Å²) in [5, 5.41) is 21.2. The second kappa shape index (κ2) is 7.86. The van der Waals surface area contributed by atoms with E-state index in [1.54, 1.807) is 49.6 Å². The summed E-state index contributed by atoms with van der Waals surface area (Å²) in [7, 11) is 1.56. The molecule has 33 heavy (non-hydrogen) atoms. The fourth-order valence-corrected chi connectivity index (χ4v) is 3.38. The highest BCUT2D eigenvalue weighted by molar-refractivity contribution is 5.89. The molecular formula is C22H16N10O. The van der Waals surface area contributed by atoms with E-state index >= 15 is 0 Å². The lowest BCUT2D eigenvalue weighted by molar-refractivity contribution is 0.712. The van der Waals surface area contributed by atoms with Gasteiger partial charge in [0.1, 0.15) is 5.82 Å². The first kappa shape index (κ1) is 19.8. The molecule has 0 fully saturated rings. The molecule has 11 heteroatoms. The Hall–Kier alpha value is -5.11. The third-order valence-corrected chi connectivity index (χ3v) is 4.90. The maximum atomic E-state index is 11.9. The van der Waals surface area contributed by atoms with Gasteiger partial charge in [0.25, 0.3) is 5.56 Å². The van der Waals surface area contributed by atoms with Crippen LogP contribution in [0.2, 0.25) is 0 Å². The van der Waals surface area contributed by atoms with Crippen molar-refractivity contribution in [1.82, 2.24) is 34.3 Å². The molecule has 0 aliphatic carbocycles. The molecule has 0 aliphatic heterocycles. The van der Waals surface area contributed by atoms with Crippen molar-refractivity contribution in [2.75, 3.05) is 11.1 Å². The predicted molar refractivity (Wildman–Crippen MR) is 121 cm³/mol. The van der Waals surface area contributed by atoms with Gasteiger partial charge in [0, 0.05) is 24.9 Å². The highest BCUT2D eigenvalue weighted by atomic mass is 16.1. The van der Waals surface area contributed by atoms with Crippen LogP contribution in [0.1, 0.15) is 5.56 Å². The van der Waals surface area contributed by atoms with Crippen LogP contribution in [0.5, 0.6) is 0 Å². The number of hydrogen-bond donors (Lipinski definition) is 2. The molecule has 0 amide bonds. The standard InChI is InChI=1S/C22H16N10O/c1-31-17(33)9-8-15(29-31)18-19(14-6-4-5-13(11-14)12-23)27-21(24)32-20(18)28-22(30-32)26-16-7-2-3-10-25-16/h2-11H,1H3,(H2,24,27)(H,25,26,30). The molecule has 0 bridgehead atoms. The quantitative estimate of drug-likeness (QED) is 0.431. The molecule has 0 radical (unpaired) electrons. The number of anilines is 3. The minimum atomic E-state index is -0.259. The summed E-state index contributed by atoms with van der Waals surface area (Å²) in [6.45, 7) is 0. The maximum Gasteiger partial charge on any atom is 0.266 e. The second-order valence-electron chi connectivity index (χ2n) is 7.08. The first-order valence-corrected chi connectivity index (χ1v) is 9.83. The van der Waals surface area contributed by atoms with E-state index in [1.807, 2.05) is 12.1 Å². The largest absolute Gasteiger partial charge is 0.368 e. The molecule has 160 valence electrons. The van der Waals surface area contributed by atoms with E-state index in [9.17, 15) is 10.1 Å². The van der Waals surface area contributed by atoms with Crippen LogP contribution < -0.4 is 16.6 Å². The van der Waals surface area contributed by atoms with E-state index in [1.165, 1.54) is 15.3 Å². The number of fused-ring (bicyclic) bond motifs is 1. The summed E-state index contributed by atoms with van der Waals surface area (Å²) < 4.78 is 2.62. The van der Waals surface area contributed by atoms with Gasteiger partial charge >= 0.3 is 0 Å². The zero-order chi connectivity index (χ0) is 22.9. The number of nitriles is 1. The van der Waals surface area contributed by atoms with Crippen LogP contribution in [-0.4, -0.2) is 34.3 Å². The van der Waals surface area contributed by atoms with Crippen LogP contribution in [0.25, 0.3) is 28.2 Å². The fourth-order valence-electron chi connectivity index (χ4n) is 3.38. The zero-order valence-corrected chi connectivity index (χ0v) is 17.3. The average molecular weight is 436 g/mol. The fraction of sp³-hybridized carbons (Fsp3) is 0.0455. The van der Waals surface area contributed by atoms with Crippen LogP contribution in [-0.2, 0) is 7.05 Å². The van der Waals surface area contributed by atoms with Gasteiger partial charge in [0.15, 0.2) is 5.65 Å². The number of nitrogens with zero attached hydrogens (tertiary/aromatic N) is 8. The number of aryl methyl sites for hydroxylation is 1. The minimum Gasteiger partial charge on any atom is -0.368 e. The Balaban J connectivity index is 1.79. The molecule has 0 atom stereocenters. The number of nitrogens with one attached hydrogen (secondary N) is 1.